The van der Waals surface area contributed by atoms with E-state index in [2.05, 4.69) is 12.2 Å². The van der Waals surface area contributed by atoms with E-state index in [1.54, 1.807) is 0 Å². The molecule has 13 heavy (non-hydrogen) atoms. The standard InChI is InChI=1S/C9H19N3O/c1-2-9(4-3-5-9)12-6-7(10)8(11)13/h7,12H,2-6,10H2,1H3,(H2,11,13). The van der Waals surface area contributed by atoms with Gasteiger partial charge in [-0.05, 0) is 25.7 Å². The number of rotatable bonds is 5. The highest BCUT2D eigenvalue weighted by Crippen LogP contribution is 2.34. The average Bonchev–Trinajstić information content (AvgIpc) is 2.02. The lowest BCUT2D eigenvalue weighted by Crippen LogP contribution is -2.56. The molecule has 5 N–H and O–H groups in total. The molecule has 0 radical (unpaired) electrons. The van der Waals surface area contributed by atoms with Gasteiger partial charge in [0.05, 0.1) is 6.04 Å². The monoisotopic (exact) mass is 185 g/mol. The summed E-state index contributed by atoms with van der Waals surface area (Å²) in [5.74, 6) is -0.432. The van der Waals surface area contributed by atoms with Gasteiger partial charge in [-0.15, -0.1) is 0 Å². The van der Waals surface area contributed by atoms with Gasteiger partial charge in [0, 0.05) is 12.1 Å². The minimum Gasteiger partial charge on any atom is -0.368 e. The van der Waals surface area contributed by atoms with E-state index in [0.29, 0.717) is 6.54 Å². The Morgan fingerprint density at radius 3 is 2.54 bits per heavy atom. The fourth-order valence-corrected chi connectivity index (χ4v) is 1.69. The van der Waals surface area contributed by atoms with Crippen LogP contribution in [0.5, 0.6) is 0 Å². The predicted molar refractivity (Wildman–Crippen MR) is 52.0 cm³/mol. The molecule has 4 heteroatoms. The van der Waals surface area contributed by atoms with Gasteiger partial charge in [0.15, 0.2) is 0 Å². The number of hydrogen-bond acceptors (Lipinski definition) is 3. The quantitative estimate of drug-likeness (QED) is 0.551. The van der Waals surface area contributed by atoms with E-state index in [1.165, 1.54) is 19.3 Å². The minimum atomic E-state index is -0.552. The smallest absolute Gasteiger partial charge is 0.235 e. The molecule has 1 unspecified atom stereocenters. The van der Waals surface area contributed by atoms with Crippen LogP contribution < -0.4 is 16.8 Å². The zero-order chi connectivity index (χ0) is 9.90. The van der Waals surface area contributed by atoms with Crippen LogP contribution in [0.4, 0.5) is 0 Å². The van der Waals surface area contributed by atoms with Crippen molar-refractivity contribution in [3.63, 3.8) is 0 Å². The summed E-state index contributed by atoms with van der Waals surface area (Å²) in [6.07, 6.45) is 4.75. The molecule has 0 aromatic heterocycles. The second kappa shape index (κ2) is 4.07. The fraction of sp³-hybridized carbons (Fsp3) is 0.889. The van der Waals surface area contributed by atoms with Gasteiger partial charge in [-0.2, -0.15) is 0 Å². The summed E-state index contributed by atoms with van der Waals surface area (Å²) < 4.78 is 0. The Bertz CT molecular complexity index is 184. The third-order valence-corrected chi connectivity index (χ3v) is 3.05. The van der Waals surface area contributed by atoms with Gasteiger partial charge in [0.25, 0.3) is 0 Å². The molecule has 76 valence electrons. The predicted octanol–water partition coefficient (Wildman–Crippen LogP) is -0.279. The van der Waals surface area contributed by atoms with Gasteiger partial charge in [-0.3, -0.25) is 4.79 Å². The maximum atomic E-state index is 10.7. The van der Waals surface area contributed by atoms with E-state index < -0.39 is 11.9 Å². The first kappa shape index (κ1) is 10.5. The SMILES string of the molecule is CCC1(NCC(N)C(N)=O)CCC1. The van der Waals surface area contributed by atoms with Crippen LogP contribution in [0.3, 0.4) is 0 Å². The van der Waals surface area contributed by atoms with E-state index in [4.69, 9.17) is 11.5 Å². The molecule has 0 aromatic carbocycles. The van der Waals surface area contributed by atoms with Crippen molar-refractivity contribution in [2.75, 3.05) is 6.54 Å². The average molecular weight is 185 g/mol. The highest BCUT2D eigenvalue weighted by atomic mass is 16.1. The largest absolute Gasteiger partial charge is 0.368 e. The molecule has 0 spiro atoms. The Morgan fingerprint density at radius 1 is 1.62 bits per heavy atom. The van der Waals surface area contributed by atoms with Gasteiger partial charge in [0.2, 0.25) is 5.91 Å². The summed E-state index contributed by atoms with van der Waals surface area (Å²) in [5.41, 5.74) is 10.8. The summed E-state index contributed by atoms with van der Waals surface area (Å²) in [6, 6.07) is -0.552. The lowest BCUT2D eigenvalue weighted by Gasteiger charge is -2.42. The number of nitrogens with one attached hydrogen (secondary N) is 1. The third kappa shape index (κ3) is 2.42. The first-order valence-electron chi connectivity index (χ1n) is 4.89. The highest BCUT2D eigenvalue weighted by molar-refractivity contribution is 5.79. The Morgan fingerprint density at radius 2 is 2.23 bits per heavy atom. The minimum absolute atomic E-state index is 0.243. The Balaban J connectivity index is 2.28. The van der Waals surface area contributed by atoms with Gasteiger partial charge in [-0.1, -0.05) is 6.92 Å². The topological polar surface area (TPSA) is 81.1 Å². The zero-order valence-electron chi connectivity index (χ0n) is 8.18. The second-order valence-electron chi connectivity index (χ2n) is 3.88. The van der Waals surface area contributed by atoms with Crippen molar-refractivity contribution < 1.29 is 4.79 Å². The molecule has 1 aliphatic carbocycles. The lowest BCUT2D eigenvalue weighted by atomic mass is 9.75. The Labute approximate surface area is 79.0 Å². The first-order valence-corrected chi connectivity index (χ1v) is 4.89. The van der Waals surface area contributed by atoms with E-state index in [0.717, 1.165) is 6.42 Å². The van der Waals surface area contributed by atoms with Crippen molar-refractivity contribution in [3.05, 3.63) is 0 Å². The van der Waals surface area contributed by atoms with E-state index in [-0.39, 0.29) is 5.54 Å². The van der Waals surface area contributed by atoms with E-state index >= 15 is 0 Å². The molecule has 0 bridgehead atoms. The molecule has 1 saturated carbocycles. The summed E-state index contributed by atoms with van der Waals surface area (Å²) in [5, 5.41) is 3.34. The van der Waals surface area contributed by atoms with Crippen LogP contribution in [0.1, 0.15) is 32.6 Å². The lowest BCUT2D eigenvalue weighted by molar-refractivity contribution is -0.119. The van der Waals surface area contributed by atoms with Crippen LogP contribution in [0.25, 0.3) is 0 Å². The van der Waals surface area contributed by atoms with Gasteiger partial charge < -0.3 is 16.8 Å². The molecule has 0 heterocycles. The molecule has 1 fully saturated rings. The van der Waals surface area contributed by atoms with Crippen LogP contribution in [0.15, 0.2) is 0 Å². The van der Waals surface area contributed by atoms with Crippen molar-refractivity contribution in [2.45, 2.75) is 44.2 Å². The number of hydrogen-bond donors (Lipinski definition) is 3. The van der Waals surface area contributed by atoms with Crippen LogP contribution in [-0.4, -0.2) is 24.0 Å². The van der Waals surface area contributed by atoms with Crippen molar-refractivity contribution in [1.82, 2.24) is 5.32 Å². The van der Waals surface area contributed by atoms with Crippen molar-refractivity contribution in [3.8, 4) is 0 Å². The number of nitrogens with two attached hydrogens (primary N) is 2. The molecule has 0 aromatic rings. The number of primary amides is 1. The normalized spacial score (nSPS) is 22.0. The van der Waals surface area contributed by atoms with Gasteiger partial charge in [0.1, 0.15) is 0 Å². The first-order chi connectivity index (χ1) is 6.09. The Kier molecular flexibility index (Phi) is 3.27. The number of carbonyl (C=O) groups is 1. The molecular weight excluding hydrogens is 166 g/mol. The van der Waals surface area contributed by atoms with Gasteiger partial charge in [-0.25, -0.2) is 0 Å². The molecule has 4 nitrogen and oxygen atoms in total. The zero-order valence-corrected chi connectivity index (χ0v) is 8.18. The van der Waals surface area contributed by atoms with Crippen LogP contribution in [0.2, 0.25) is 0 Å². The van der Waals surface area contributed by atoms with Crippen molar-refractivity contribution in [1.29, 1.82) is 0 Å². The maximum absolute atomic E-state index is 10.7. The number of carbonyl (C=O) groups excluding carboxylic acids is 1. The third-order valence-electron chi connectivity index (χ3n) is 3.05. The highest BCUT2D eigenvalue weighted by Gasteiger charge is 2.34. The summed E-state index contributed by atoms with van der Waals surface area (Å²) in [7, 11) is 0. The molecular formula is C9H19N3O. The van der Waals surface area contributed by atoms with Gasteiger partial charge >= 0.3 is 0 Å². The molecule has 1 atom stereocenters. The van der Waals surface area contributed by atoms with Crippen LogP contribution in [0, 0.1) is 0 Å². The maximum Gasteiger partial charge on any atom is 0.235 e. The van der Waals surface area contributed by atoms with Crippen molar-refractivity contribution in [2.24, 2.45) is 11.5 Å². The van der Waals surface area contributed by atoms with Crippen LogP contribution >= 0.6 is 0 Å². The Hall–Kier alpha value is -0.610. The second-order valence-corrected chi connectivity index (χ2v) is 3.88. The molecule has 0 saturated heterocycles. The van der Waals surface area contributed by atoms with E-state index in [9.17, 15) is 4.79 Å². The summed E-state index contributed by atoms with van der Waals surface area (Å²) in [4.78, 5) is 10.7. The number of amides is 1. The molecule has 1 rings (SSSR count). The molecule has 1 amide bonds. The van der Waals surface area contributed by atoms with Crippen LogP contribution in [-0.2, 0) is 4.79 Å². The molecule has 1 aliphatic rings. The van der Waals surface area contributed by atoms with Crippen molar-refractivity contribution >= 4 is 5.91 Å². The van der Waals surface area contributed by atoms with E-state index in [1.807, 2.05) is 0 Å². The molecule has 0 aliphatic heterocycles. The summed E-state index contributed by atoms with van der Waals surface area (Å²) in [6.45, 7) is 2.66. The fourth-order valence-electron chi connectivity index (χ4n) is 1.69. The summed E-state index contributed by atoms with van der Waals surface area (Å²) >= 11 is 0.